The molecule has 0 saturated carbocycles. The van der Waals surface area contributed by atoms with Gasteiger partial charge < -0.3 is 4.98 Å². The summed E-state index contributed by atoms with van der Waals surface area (Å²) in [4.78, 5) is 20.9. The number of thiophene rings is 1. The van der Waals surface area contributed by atoms with Crippen LogP contribution in [0.2, 0.25) is 5.15 Å². The second-order valence-electron chi connectivity index (χ2n) is 7.78. The van der Waals surface area contributed by atoms with Crippen molar-refractivity contribution in [3.63, 3.8) is 0 Å². The number of halogens is 3. The summed E-state index contributed by atoms with van der Waals surface area (Å²) in [6, 6.07) is 13.8. The number of rotatable bonds is 4. The highest BCUT2D eigenvalue weighted by molar-refractivity contribution is 7.17. The van der Waals surface area contributed by atoms with Crippen molar-refractivity contribution in [2.24, 2.45) is 0 Å². The van der Waals surface area contributed by atoms with Gasteiger partial charge in [-0.15, -0.1) is 11.3 Å². The van der Waals surface area contributed by atoms with Crippen LogP contribution in [0.25, 0.3) is 38.1 Å². The molecule has 3 aromatic heterocycles. The lowest BCUT2D eigenvalue weighted by molar-refractivity contribution is 0.627. The number of fused-ring (bicyclic) bond motifs is 1. The fourth-order valence-corrected chi connectivity index (χ4v) is 5.10. The van der Waals surface area contributed by atoms with Gasteiger partial charge in [-0.2, -0.15) is 5.10 Å². The first kappa shape index (κ1) is 22.5. The van der Waals surface area contributed by atoms with E-state index in [1.807, 2.05) is 36.6 Å². The number of benzene rings is 2. The average molecular weight is 511 g/mol. The number of aromatic nitrogens is 4. The Morgan fingerprint density at radius 1 is 1.12 bits per heavy atom. The summed E-state index contributed by atoms with van der Waals surface area (Å²) in [6.07, 6.45) is 1.62. The number of nitrogens with one attached hydrogen (secondary N) is 1. The van der Waals surface area contributed by atoms with E-state index in [2.05, 4.69) is 15.1 Å². The summed E-state index contributed by atoms with van der Waals surface area (Å²) >= 11 is 14.5. The fraction of sp³-hybridized carbons (Fsp3) is 0.0800. The lowest BCUT2D eigenvalue weighted by Crippen LogP contribution is -2.10. The van der Waals surface area contributed by atoms with Gasteiger partial charge in [-0.05, 0) is 49.8 Å². The summed E-state index contributed by atoms with van der Waals surface area (Å²) in [5, 5.41) is 7.41. The van der Waals surface area contributed by atoms with Crippen molar-refractivity contribution in [3.8, 4) is 16.8 Å². The van der Waals surface area contributed by atoms with Gasteiger partial charge in [0.15, 0.2) is 5.82 Å². The quantitative estimate of drug-likeness (QED) is 0.283. The lowest BCUT2D eigenvalue weighted by atomic mass is 10.1. The maximum atomic E-state index is 13.3. The van der Waals surface area contributed by atoms with Crippen molar-refractivity contribution in [2.75, 3.05) is 0 Å². The minimum atomic E-state index is -0.351. The van der Waals surface area contributed by atoms with Crippen LogP contribution in [0.3, 0.4) is 0 Å². The van der Waals surface area contributed by atoms with Gasteiger partial charge in [0.25, 0.3) is 5.56 Å². The highest BCUT2D eigenvalue weighted by Gasteiger charge is 2.17. The molecule has 34 heavy (non-hydrogen) atoms. The van der Waals surface area contributed by atoms with E-state index in [1.165, 1.54) is 28.2 Å². The summed E-state index contributed by atoms with van der Waals surface area (Å²) in [5.41, 5.74) is 4.47. The molecule has 5 aromatic rings. The predicted molar refractivity (Wildman–Crippen MR) is 137 cm³/mol. The number of H-pyrrole nitrogens is 1. The predicted octanol–water partition coefficient (Wildman–Crippen LogP) is 6.98. The second-order valence-corrected chi connectivity index (χ2v) is 9.40. The average Bonchev–Trinajstić information content (AvgIpc) is 3.37. The van der Waals surface area contributed by atoms with E-state index in [4.69, 9.17) is 23.2 Å². The second kappa shape index (κ2) is 8.83. The molecular weight excluding hydrogens is 494 g/mol. The third-order valence-corrected chi connectivity index (χ3v) is 6.95. The Labute approximate surface area is 208 Å². The first-order valence-corrected chi connectivity index (χ1v) is 11.9. The number of hydrogen-bond acceptors (Lipinski definition) is 4. The molecule has 0 aliphatic carbocycles. The van der Waals surface area contributed by atoms with Gasteiger partial charge in [0.05, 0.1) is 21.8 Å². The Morgan fingerprint density at radius 2 is 1.82 bits per heavy atom. The summed E-state index contributed by atoms with van der Waals surface area (Å²) in [7, 11) is 0. The van der Waals surface area contributed by atoms with Gasteiger partial charge in [-0.25, -0.2) is 14.1 Å². The van der Waals surface area contributed by atoms with Gasteiger partial charge in [-0.1, -0.05) is 53.0 Å². The van der Waals surface area contributed by atoms with Crippen molar-refractivity contribution in [1.29, 1.82) is 0 Å². The van der Waals surface area contributed by atoms with E-state index in [0.29, 0.717) is 32.3 Å². The number of nitrogens with zero attached hydrogens (tertiary/aromatic N) is 3. The third-order valence-electron chi connectivity index (χ3n) is 5.42. The standard InChI is InChI=1S/C25H17Cl2FN4OS/c1-13-3-5-15(6-4-13)19-12-34-25-21(19)24(33)29-23(30-25)20(26)11-18-14(2)31-32(22(18)27)17-9-7-16(28)8-10-17/h3-12H,1-2H3,(H,29,30,33)/b20-11-. The molecule has 9 heteroatoms. The zero-order valence-corrected chi connectivity index (χ0v) is 20.4. The molecule has 0 aliphatic rings. The van der Waals surface area contributed by atoms with Crippen LogP contribution in [-0.2, 0) is 0 Å². The number of aryl methyl sites for hydroxylation is 2. The highest BCUT2D eigenvalue weighted by atomic mass is 35.5. The van der Waals surface area contributed by atoms with E-state index >= 15 is 0 Å². The topological polar surface area (TPSA) is 63.6 Å². The molecular formula is C25H17Cl2FN4OS. The SMILES string of the molecule is Cc1ccc(-c2csc3nc(/C(Cl)=C/c4c(C)nn(-c5ccc(F)cc5)c4Cl)[nH]c(=O)c23)cc1. The molecule has 0 atom stereocenters. The smallest absolute Gasteiger partial charge is 0.260 e. The largest absolute Gasteiger partial charge is 0.305 e. The molecule has 0 fully saturated rings. The monoisotopic (exact) mass is 510 g/mol. The van der Waals surface area contributed by atoms with E-state index in [9.17, 15) is 9.18 Å². The van der Waals surface area contributed by atoms with E-state index < -0.39 is 0 Å². The third kappa shape index (κ3) is 4.07. The van der Waals surface area contributed by atoms with E-state index in [-0.39, 0.29) is 22.2 Å². The van der Waals surface area contributed by atoms with Crippen molar-refractivity contribution in [2.45, 2.75) is 13.8 Å². The normalized spacial score (nSPS) is 12.0. The van der Waals surface area contributed by atoms with Gasteiger partial charge in [-0.3, -0.25) is 4.79 Å². The van der Waals surface area contributed by atoms with Gasteiger partial charge >= 0.3 is 0 Å². The first-order valence-electron chi connectivity index (χ1n) is 10.3. The molecule has 0 bridgehead atoms. The maximum Gasteiger partial charge on any atom is 0.260 e. The summed E-state index contributed by atoms with van der Waals surface area (Å²) in [5.74, 6) is -0.113. The van der Waals surface area contributed by atoms with Crippen LogP contribution < -0.4 is 5.56 Å². The Kier molecular flexibility index (Phi) is 5.85. The Balaban J connectivity index is 1.55. The van der Waals surface area contributed by atoms with Crippen LogP contribution in [0.5, 0.6) is 0 Å². The summed E-state index contributed by atoms with van der Waals surface area (Å²) in [6.45, 7) is 3.80. The maximum absolute atomic E-state index is 13.3. The van der Waals surface area contributed by atoms with Crippen LogP contribution in [0, 0.1) is 19.7 Å². The number of hydrogen-bond donors (Lipinski definition) is 1. The first-order chi connectivity index (χ1) is 16.3. The minimum absolute atomic E-state index is 0.216. The van der Waals surface area contributed by atoms with Crippen molar-refractivity contribution in [1.82, 2.24) is 19.7 Å². The molecule has 1 N–H and O–H groups in total. The van der Waals surface area contributed by atoms with Gasteiger partial charge in [0.1, 0.15) is 15.8 Å². The fourth-order valence-electron chi connectivity index (χ4n) is 3.63. The molecule has 5 nitrogen and oxygen atoms in total. The zero-order chi connectivity index (χ0) is 24.0. The molecule has 2 aromatic carbocycles. The molecule has 5 rings (SSSR count). The Bertz CT molecular complexity index is 1620. The minimum Gasteiger partial charge on any atom is -0.305 e. The van der Waals surface area contributed by atoms with Crippen LogP contribution in [0.4, 0.5) is 4.39 Å². The lowest BCUT2D eigenvalue weighted by Gasteiger charge is -2.04. The van der Waals surface area contributed by atoms with Crippen LogP contribution in [0.15, 0.2) is 58.7 Å². The van der Waals surface area contributed by atoms with Crippen molar-refractivity contribution in [3.05, 3.63) is 97.9 Å². The molecule has 0 amide bonds. The molecule has 0 aliphatic heterocycles. The molecule has 0 unspecified atom stereocenters. The molecule has 0 saturated heterocycles. The Hall–Kier alpha value is -3.26. The van der Waals surface area contributed by atoms with Gasteiger partial charge in [0.2, 0.25) is 0 Å². The summed E-state index contributed by atoms with van der Waals surface area (Å²) < 4.78 is 14.8. The Morgan fingerprint density at radius 3 is 2.53 bits per heavy atom. The van der Waals surface area contributed by atoms with Gasteiger partial charge in [0, 0.05) is 16.5 Å². The van der Waals surface area contributed by atoms with E-state index in [1.54, 1.807) is 25.1 Å². The highest BCUT2D eigenvalue weighted by Crippen LogP contribution is 2.33. The van der Waals surface area contributed by atoms with Crippen molar-refractivity contribution < 1.29 is 4.39 Å². The van der Waals surface area contributed by atoms with Crippen LogP contribution in [-0.4, -0.2) is 19.7 Å². The van der Waals surface area contributed by atoms with Crippen LogP contribution in [0.1, 0.15) is 22.6 Å². The van der Waals surface area contributed by atoms with E-state index in [0.717, 1.165) is 16.7 Å². The molecule has 170 valence electrons. The zero-order valence-electron chi connectivity index (χ0n) is 18.1. The number of aromatic amines is 1. The van der Waals surface area contributed by atoms with Crippen molar-refractivity contribution >= 4 is 55.9 Å². The molecule has 0 spiro atoms. The molecule has 0 radical (unpaired) electrons. The molecule has 3 heterocycles. The van der Waals surface area contributed by atoms with Crippen LogP contribution >= 0.6 is 34.5 Å².